The average Bonchev–Trinajstić information content (AvgIpc) is 2.16. The lowest BCUT2D eigenvalue weighted by Gasteiger charge is -2.13. The molecule has 2 rings (SSSR count). The molecule has 0 N–H and O–H groups in total. The van der Waals surface area contributed by atoms with Crippen LogP contribution >= 0.6 is 0 Å². The van der Waals surface area contributed by atoms with Crippen molar-refractivity contribution in [3.63, 3.8) is 0 Å². The number of ketones is 1. The topological polar surface area (TPSA) is 46.5 Å². The van der Waals surface area contributed by atoms with Gasteiger partial charge in [-0.25, -0.2) is 4.99 Å². The molecule has 1 aliphatic heterocycles. The third-order valence-electron chi connectivity index (χ3n) is 2.14. The van der Waals surface area contributed by atoms with E-state index in [0.29, 0.717) is 5.71 Å². The summed E-state index contributed by atoms with van der Waals surface area (Å²) in [4.78, 5) is 26.6. The van der Waals surface area contributed by atoms with Gasteiger partial charge in [0.1, 0.15) is 0 Å². The van der Waals surface area contributed by atoms with Gasteiger partial charge in [-0.15, -0.1) is 0 Å². The van der Waals surface area contributed by atoms with Crippen LogP contribution in [0.25, 0.3) is 0 Å². The zero-order valence-electron chi connectivity index (χ0n) is 7.51. The molecule has 14 heavy (non-hydrogen) atoms. The van der Waals surface area contributed by atoms with E-state index in [1.54, 1.807) is 30.4 Å². The Morgan fingerprint density at radius 3 is 2.93 bits per heavy atom. The molecule has 0 radical (unpaired) electrons. The second-order valence-corrected chi connectivity index (χ2v) is 3.16. The van der Waals surface area contributed by atoms with Crippen molar-refractivity contribution < 1.29 is 9.59 Å². The van der Waals surface area contributed by atoms with E-state index in [2.05, 4.69) is 4.99 Å². The minimum absolute atomic E-state index is 0.0168. The van der Waals surface area contributed by atoms with E-state index in [9.17, 15) is 9.59 Å². The van der Waals surface area contributed by atoms with Crippen molar-refractivity contribution in [2.75, 3.05) is 0 Å². The quantitative estimate of drug-likeness (QED) is 0.572. The van der Waals surface area contributed by atoms with Crippen molar-refractivity contribution in [2.24, 2.45) is 10.9 Å². The Hall–Kier alpha value is -1.77. The van der Waals surface area contributed by atoms with Crippen LogP contribution in [-0.4, -0.2) is 17.4 Å². The third-order valence-corrected chi connectivity index (χ3v) is 2.14. The summed E-state index contributed by atoms with van der Waals surface area (Å²) in [5.41, 5.74) is 0.548. The molecule has 0 saturated heterocycles. The average molecular weight is 187 g/mol. The van der Waals surface area contributed by atoms with Crippen molar-refractivity contribution >= 4 is 17.4 Å². The van der Waals surface area contributed by atoms with E-state index in [0.717, 1.165) is 0 Å². The van der Waals surface area contributed by atoms with Crippen LogP contribution in [0.4, 0.5) is 0 Å². The second kappa shape index (κ2) is 3.54. The van der Waals surface area contributed by atoms with Gasteiger partial charge in [0, 0.05) is 6.42 Å². The molecule has 0 spiro atoms. The molecular weight excluding hydrogens is 178 g/mol. The predicted molar refractivity (Wildman–Crippen MR) is 53.0 cm³/mol. The molecule has 1 atom stereocenters. The van der Waals surface area contributed by atoms with Crippen LogP contribution in [0.3, 0.4) is 0 Å². The summed E-state index contributed by atoms with van der Waals surface area (Å²) in [7, 11) is 0. The Labute approximate surface area is 81.5 Å². The number of allylic oxidation sites excluding steroid dienone is 5. The largest absolute Gasteiger partial charge is 0.294 e. The molecule has 3 nitrogen and oxygen atoms in total. The molecule has 1 amide bonds. The summed E-state index contributed by atoms with van der Waals surface area (Å²) in [6.07, 6.45) is 10.3. The van der Waals surface area contributed by atoms with Gasteiger partial charge in [-0.3, -0.25) is 9.59 Å². The van der Waals surface area contributed by atoms with Crippen LogP contribution in [0.2, 0.25) is 0 Å². The molecule has 70 valence electrons. The maximum Gasteiger partial charge on any atom is 0.249 e. The maximum atomic E-state index is 11.5. The number of carbonyl (C=O) groups excluding carboxylic acids is 2. The highest BCUT2D eigenvalue weighted by Gasteiger charge is 2.21. The normalized spacial score (nSPS) is 27.7. The first kappa shape index (κ1) is 8.81. The number of nitrogens with zero attached hydrogens (tertiary/aromatic N) is 1. The van der Waals surface area contributed by atoms with Gasteiger partial charge in [0.2, 0.25) is 5.91 Å². The zero-order chi connectivity index (χ0) is 9.97. The molecule has 0 aromatic heterocycles. The zero-order valence-corrected chi connectivity index (χ0v) is 7.51. The Morgan fingerprint density at radius 1 is 1.21 bits per heavy atom. The Morgan fingerprint density at radius 2 is 2.07 bits per heavy atom. The molecule has 1 unspecified atom stereocenters. The van der Waals surface area contributed by atoms with Gasteiger partial charge in [-0.2, -0.15) is 0 Å². The molecular formula is C11H9NO2. The summed E-state index contributed by atoms with van der Waals surface area (Å²) in [6, 6.07) is 0. The van der Waals surface area contributed by atoms with Gasteiger partial charge < -0.3 is 0 Å². The lowest BCUT2D eigenvalue weighted by molar-refractivity contribution is -0.117. The fourth-order valence-electron chi connectivity index (χ4n) is 1.45. The SMILES string of the molecule is O=C1C/C=C\C(=O)C2C=CC=CC2=N1. The lowest BCUT2D eigenvalue weighted by atomic mass is 9.93. The Balaban J connectivity index is 2.41. The molecule has 0 saturated carbocycles. The first-order chi connectivity index (χ1) is 6.77. The number of amides is 1. The van der Waals surface area contributed by atoms with Gasteiger partial charge >= 0.3 is 0 Å². The Kier molecular flexibility index (Phi) is 2.23. The van der Waals surface area contributed by atoms with Crippen LogP contribution in [-0.2, 0) is 9.59 Å². The van der Waals surface area contributed by atoms with Gasteiger partial charge in [0.15, 0.2) is 5.78 Å². The Bertz CT molecular complexity index is 400. The van der Waals surface area contributed by atoms with E-state index >= 15 is 0 Å². The van der Waals surface area contributed by atoms with Crippen molar-refractivity contribution in [3.8, 4) is 0 Å². The van der Waals surface area contributed by atoms with Crippen LogP contribution in [0.1, 0.15) is 6.42 Å². The number of aliphatic imine (C=N–C) groups is 1. The number of carbonyl (C=O) groups is 2. The van der Waals surface area contributed by atoms with Gasteiger partial charge in [-0.05, 0) is 12.2 Å². The van der Waals surface area contributed by atoms with Crippen LogP contribution in [0, 0.1) is 5.92 Å². The smallest absolute Gasteiger partial charge is 0.249 e. The number of fused-ring (bicyclic) bond motifs is 1. The van der Waals surface area contributed by atoms with Crippen LogP contribution < -0.4 is 0 Å². The molecule has 0 aromatic carbocycles. The van der Waals surface area contributed by atoms with E-state index in [1.165, 1.54) is 6.08 Å². The molecule has 1 aliphatic carbocycles. The van der Waals surface area contributed by atoms with Crippen molar-refractivity contribution in [1.82, 2.24) is 0 Å². The summed E-state index contributed by atoms with van der Waals surface area (Å²) in [5, 5.41) is 0. The predicted octanol–water partition coefficient (Wildman–Crippen LogP) is 1.23. The number of hydrogen-bond acceptors (Lipinski definition) is 2. The van der Waals surface area contributed by atoms with E-state index in [-0.39, 0.29) is 24.0 Å². The van der Waals surface area contributed by atoms with Crippen LogP contribution in [0.5, 0.6) is 0 Å². The third kappa shape index (κ3) is 1.62. The van der Waals surface area contributed by atoms with E-state index < -0.39 is 0 Å². The molecule has 0 aromatic rings. The van der Waals surface area contributed by atoms with Gasteiger partial charge in [0.25, 0.3) is 0 Å². The molecule has 0 fully saturated rings. The fourth-order valence-corrected chi connectivity index (χ4v) is 1.45. The summed E-state index contributed by atoms with van der Waals surface area (Å²) < 4.78 is 0. The maximum absolute atomic E-state index is 11.5. The first-order valence-electron chi connectivity index (χ1n) is 4.44. The molecule has 0 bridgehead atoms. The lowest BCUT2D eigenvalue weighted by Crippen LogP contribution is -2.23. The fraction of sp³-hybridized carbons (Fsp3) is 0.182. The van der Waals surface area contributed by atoms with Crippen LogP contribution in [0.15, 0.2) is 41.4 Å². The summed E-state index contributed by atoms with van der Waals surface area (Å²) in [6.45, 7) is 0. The molecule has 2 aliphatic rings. The van der Waals surface area contributed by atoms with E-state index in [4.69, 9.17) is 0 Å². The van der Waals surface area contributed by atoms with Crippen molar-refractivity contribution in [1.29, 1.82) is 0 Å². The highest BCUT2D eigenvalue weighted by Crippen LogP contribution is 2.14. The highest BCUT2D eigenvalue weighted by molar-refractivity contribution is 6.19. The monoisotopic (exact) mass is 187 g/mol. The summed E-state index contributed by atoms with van der Waals surface area (Å²) >= 11 is 0. The van der Waals surface area contributed by atoms with Gasteiger partial charge in [0.05, 0.1) is 11.6 Å². The molecule has 1 heterocycles. The van der Waals surface area contributed by atoms with Gasteiger partial charge in [-0.1, -0.05) is 24.3 Å². The first-order valence-corrected chi connectivity index (χ1v) is 4.44. The number of hydrogen-bond donors (Lipinski definition) is 0. The summed E-state index contributed by atoms with van der Waals surface area (Å²) in [5.74, 6) is -0.592. The van der Waals surface area contributed by atoms with Crippen molar-refractivity contribution in [3.05, 3.63) is 36.5 Å². The minimum atomic E-state index is -0.375. The highest BCUT2D eigenvalue weighted by atomic mass is 16.1. The number of rotatable bonds is 0. The van der Waals surface area contributed by atoms with E-state index in [1.807, 2.05) is 0 Å². The second-order valence-electron chi connectivity index (χ2n) is 3.16. The standard InChI is InChI=1S/C11H9NO2/c13-10-6-3-7-11(14)12-9-5-2-1-4-8(9)10/h1-6,8H,7H2/b6-3-,12-9?. The molecule has 3 heteroatoms. The minimum Gasteiger partial charge on any atom is -0.294 e. The van der Waals surface area contributed by atoms with Crippen molar-refractivity contribution in [2.45, 2.75) is 6.42 Å².